The topological polar surface area (TPSA) is 55.1 Å². The fourth-order valence-corrected chi connectivity index (χ4v) is 2.70. The summed E-state index contributed by atoms with van der Waals surface area (Å²) in [5.41, 5.74) is 1.20. The molecule has 0 aliphatic carbocycles. The van der Waals surface area contributed by atoms with Crippen molar-refractivity contribution in [3.05, 3.63) is 53.6 Å². The summed E-state index contributed by atoms with van der Waals surface area (Å²) in [6, 6.07) is 14.8. The Balaban J connectivity index is 2.37. The SMILES string of the molecule is CC(C)(C(=O)O)n1c(-c2cccc(Cl)c2)nc2ccccc21. The van der Waals surface area contributed by atoms with Gasteiger partial charge in [-0.1, -0.05) is 35.9 Å². The number of para-hydroxylation sites is 2. The summed E-state index contributed by atoms with van der Waals surface area (Å²) in [4.78, 5) is 16.4. The highest BCUT2D eigenvalue weighted by Crippen LogP contribution is 2.32. The summed E-state index contributed by atoms with van der Waals surface area (Å²) in [6.45, 7) is 3.33. The molecule has 0 spiro atoms. The number of hydrogen-bond acceptors (Lipinski definition) is 2. The van der Waals surface area contributed by atoms with Gasteiger partial charge in [0.1, 0.15) is 11.4 Å². The van der Waals surface area contributed by atoms with Gasteiger partial charge in [0.2, 0.25) is 0 Å². The third kappa shape index (κ3) is 2.25. The average Bonchev–Trinajstić information content (AvgIpc) is 2.87. The molecule has 112 valence electrons. The molecule has 0 fully saturated rings. The van der Waals surface area contributed by atoms with E-state index in [1.807, 2.05) is 36.4 Å². The maximum Gasteiger partial charge on any atom is 0.329 e. The van der Waals surface area contributed by atoms with Crippen molar-refractivity contribution in [3.63, 3.8) is 0 Å². The number of carbonyl (C=O) groups is 1. The van der Waals surface area contributed by atoms with Crippen LogP contribution in [0.4, 0.5) is 0 Å². The van der Waals surface area contributed by atoms with Gasteiger partial charge in [0.05, 0.1) is 11.0 Å². The summed E-state index contributed by atoms with van der Waals surface area (Å²) >= 11 is 6.07. The van der Waals surface area contributed by atoms with Crippen LogP contribution in [0.25, 0.3) is 22.4 Å². The number of hydrogen-bond donors (Lipinski definition) is 1. The molecular weight excluding hydrogens is 300 g/mol. The Morgan fingerprint density at radius 1 is 1.18 bits per heavy atom. The molecule has 3 aromatic rings. The standard InChI is InChI=1S/C17H15ClN2O2/c1-17(2,16(21)22)20-14-9-4-3-8-13(14)19-15(20)11-6-5-7-12(18)10-11/h3-10H,1-2H3,(H,21,22). The van der Waals surface area contributed by atoms with E-state index in [2.05, 4.69) is 4.98 Å². The van der Waals surface area contributed by atoms with Crippen LogP contribution in [0.15, 0.2) is 48.5 Å². The molecule has 1 heterocycles. The van der Waals surface area contributed by atoms with E-state index in [0.29, 0.717) is 10.8 Å². The van der Waals surface area contributed by atoms with Crippen LogP contribution < -0.4 is 0 Å². The largest absolute Gasteiger partial charge is 0.480 e. The molecule has 0 aliphatic rings. The van der Waals surface area contributed by atoms with Gasteiger partial charge < -0.3 is 9.67 Å². The molecule has 5 heteroatoms. The molecule has 0 atom stereocenters. The van der Waals surface area contributed by atoms with Crippen molar-refractivity contribution in [1.82, 2.24) is 9.55 Å². The molecule has 1 aromatic heterocycles. The molecule has 3 rings (SSSR count). The van der Waals surface area contributed by atoms with Gasteiger partial charge in [-0.15, -0.1) is 0 Å². The minimum Gasteiger partial charge on any atom is -0.480 e. The van der Waals surface area contributed by atoms with Gasteiger partial charge in [-0.05, 0) is 38.1 Å². The zero-order valence-electron chi connectivity index (χ0n) is 12.2. The molecular formula is C17H15ClN2O2. The van der Waals surface area contributed by atoms with Crippen LogP contribution >= 0.6 is 11.6 Å². The van der Waals surface area contributed by atoms with Crippen LogP contribution in [0, 0.1) is 0 Å². The summed E-state index contributed by atoms with van der Waals surface area (Å²) in [5.74, 6) is -0.324. The van der Waals surface area contributed by atoms with Gasteiger partial charge in [-0.3, -0.25) is 0 Å². The van der Waals surface area contributed by atoms with Crippen molar-refractivity contribution in [3.8, 4) is 11.4 Å². The predicted molar refractivity (Wildman–Crippen MR) is 87.1 cm³/mol. The van der Waals surface area contributed by atoms with Gasteiger partial charge in [0.15, 0.2) is 0 Å². The summed E-state index contributed by atoms with van der Waals surface area (Å²) in [7, 11) is 0. The highest BCUT2D eigenvalue weighted by molar-refractivity contribution is 6.30. The van der Waals surface area contributed by atoms with Crippen LogP contribution in [0.1, 0.15) is 13.8 Å². The zero-order valence-corrected chi connectivity index (χ0v) is 13.0. The number of aromatic nitrogens is 2. The van der Waals surface area contributed by atoms with E-state index in [9.17, 15) is 9.90 Å². The van der Waals surface area contributed by atoms with E-state index >= 15 is 0 Å². The molecule has 0 bridgehead atoms. The lowest BCUT2D eigenvalue weighted by Crippen LogP contribution is -2.36. The predicted octanol–water partition coefficient (Wildman–Crippen LogP) is 4.18. The Kier molecular flexibility index (Phi) is 3.41. The normalized spacial score (nSPS) is 11.8. The lowest BCUT2D eigenvalue weighted by molar-refractivity contribution is -0.145. The first kappa shape index (κ1) is 14.6. The first-order chi connectivity index (χ1) is 10.4. The Bertz CT molecular complexity index is 868. The minimum absolute atomic E-state index is 0.587. The van der Waals surface area contributed by atoms with Crippen molar-refractivity contribution >= 4 is 28.6 Å². The van der Waals surface area contributed by atoms with Crippen molar-refractivity contribution < 1.29 is 9.90 Å². The number of halogens is 1. The number of nitrogens with zero attached hydrogens (tertiary/aromatic N) is 2. The van der Waals surface area contributed by atoms with Crippen LogP contribution in [0.3, 0.4) is 0 Å². The first-order valence-corrected chi connectivity index (χ1v) is 7.26. The molecule has 22 heavy (non-hydrogen) atoms. The Labute approximate surface area is 133 Å². The van der Waals surface area contributed by atoms with Gasteiger partial charge >= 0.3 is 5.97 Å². The molecule has 4 nitrogen and oxygen atoms in total. The van der Waals surface area contributed by atoms with Crippen molar-refractivity contribution in [2.75, 3.05) is 0 Å². The maximum atomic E-state index is 11.7. The van der Waals surface area contributed by atoms with E-state index in [1.165, 1.54) is 0 Å². The Morgan fingerprint density at radius 2 is 1.91 bits per heavy atom. The van der Waals surface area contributed by atoms with Gasteiger partial charge in [0.25, 0.3) is 0 Å². The molecule has 0 amide bonds. The minimum atomic E-state index is -1.13. The Morgan fingerprint density at radius 3 is 2.59 bits per heavy atom. The first-order valence-electron chi connectivity index (χ1n) is 6.88. The van der Waals surface area contributed by atoms with E-state index in [1.54, 1.807) is 30.5 Å². The average molecular weight is 315 g/mol. The second kappa shape index (κ2) is 5.14. The highest BCUT2D eigenvalue weighted by Gasteiger charge is 2.33. The third-order valence-corrected chi connectivity index (χ3v) is 3.96. The Hall–Kier alpha value is -2.33. The molecule has 0 unspecified atom stereocenters. The smallest absolute Gasteiger partial charge is 0.329 e. The van der Waals surface area contributed by atoms with E-state index in [0.717, 1.165) is 16.6 Å². The molecule has 1 N–H and O–H groups in total. The fourth-order valence-electron chi connectivity index (χ4n) is 2.51. The second-order valence-corrected chi connectivity index (χ2v) is 6.07. The molecule has 0 saturated carbocycles. The van der Waals surface area contributed by atoms with Crippen molar-refractivity contribution in [1.29, 1.82) is 0 Å². The molecule has 2 aromatic carbocycles. The zero-order chi connectivity index (χ0) is 15.9. The molecule has 0 aliphatic heterocycles. The maximum absolute atomic E-state index is 11.7. The lowest BCUT2D eigenvalue weighted by atomic mass is 10.0. The third-order valence-electron chi connectivity index (χ3n) is 3.73. The second-order valence-electron chi connectivity index (χ2n) is 5.63. The number of fused-ring (bicyclic) bond motifs is 1. The fraction of sp³-hybridized carbons (Fsp3) is 0.176. The summed E-state index contributed by atoms with van der Waals surface area (Å²) in [5, 5.41) is 10.2. The summed E-state index contributed by atoms with van der Waals surface area (Å²) < 4.78 is 1.75. The van der Waals surface area contributed by atoms with Crippen molar-refractivity contribution in [2.24, 2.45) is 0 Å². The monoisotopic (exact) mass is 314 g/mol. The van der Waals surface area contributed by atoms with E-state index in [-0.39, 0.29) is 0 Å². The molecule has 0 saturated heterocycles. The van der Waals surface area contributed by atoms with Crippen LogP contribution in [0.2, 0.25) is 5.02 Å². The number of imidazole rings is 1. The number of carboxylic acid groups (broad SMARTS) is 1. The number of carboxylic acids is 1. The molecule has 0 radical (unpaired) electrons. The quantitative estimate of drug-likeness (QED) is 0.789. The van der Waals surface area contributed by atoms with Crippen LogP contribution in [0.5, 0.6) is 0 Å². The number of benzene rings is 2. The van der Waals surface area contributed by atoms with Crippen molar-refractivity contribution in [2.45, 2.75) is 19.4 Å². The summed E-state index contributed by atoms with van der Waals surface area (Å²) in [6.07, 6.45) is 0. The van der Waals surface area contributed by atoms with Gasteiger partial charge in [-0.25, -0.2) is 9.78 Å². The lowest BCUT2D eigenvalue weighted by Gasteiger charge is -2.24. The van der Waals surface area contributed by atoms with Gasteiger partial charge in [-0.2, -0.15) is 0 Å². The van der Waals surface area contributed by atoms with Crippen LogP contribution in [-0.4, -0.2) is 20.6 Å². The number of rotatable bonds is 3. The van der Waals surface area contributed by atoms with E-state index < -0.39 is 11.5 Å². The van der Waals surface area contributed by atoms with Crippen LogP contribution in [-0.2, 0) is 10.3 Å². The van der Waals surface area contributed by atoms with Gasteiger partial charge in [0, 0.05) is 10.6 Å². The van der Waals surface area contributed by atoms with E-state index in [4.69, 9.17) is 11.6 Å². The number of aliphatic carboxylic acids is 1. The highest BCUT2D eigenvalue weighted by atomic mass is 35.5.